The van der Waals surface area contributed by atoms with Crippen molar-refractivity contribution in [2.24, 2.45) is 0 Å². The van der Waals surface area contributed by atoms with Crippen molar-refractivity contribution in [1.29, 1.82) is 0 Å². The molecule has 0 heterocycles. The van der Waals surface area contributed by atoms with Gasteiger partial charge >= 0.3 is 0 Å². The molecular weight excluding hydrogens is 310 g/mol. The van der Waals surface area contributed by atoms with E-state index in [-0.39, 0.29) is 0 Å². The molecule has 18 heavy (non-hydrogen) atoms. The van der Waals surface area contributed by atoms with E-state index in [9.17, 15) is 0 Å². The molecule has 0 atom stereocenters. The largest absolute Gasteiger partial charge is 0.496 e. The van der Waals surface area contributed by atoms with Crippen LogP contribution in [0.5, 0.6) is 5.75 Å². The van der Waals surface area contributed by atoms with E-state index in [0.29, 0.717) is 0 Å². The summed E-state index contributed by atoms with van der Waals surface area (Å²) >= 11 is 5.47. The van der Waals surface area contributed by atoms with Crippen molar-refractivity contribution in [3.63, 3.8) is 0 Å². The maximum Gasteiger partial charge on any atom is 0.122 e. The number of methoxy groups -OCH3 is 1. The van der Waals surface area contributed by atoms with Crippen LogP contribution in [0.3, 0.4) is 0 Å². The molecule has 0 amide bonds. The molecule has 0 aromatic heterocycles. The predicted octanol–water partition coefficient (Wildman–Crippen LogP) is 4.03. The Kier molecular flexibility index (Phi) is 7.79. The first-order chi connectivity index (χ1) is 8.71. The van der Waals surface area contributed by atoms with E-state index in [4.69, 9.17) is 4.74 Å². The van der Waals surface area contributed by atoms with E-state index in [2.05, 4.69) is 40.7 Å². The molecule has 0 saturated carbocycles. The third-order valence-corrected chi connectivity index (χ3v) is 4.43. The normalized spacial score (nSPS) is 10.9. The van der Waals surface area contributed by atoms with Gasteiger partial charge in [-0.1, -0.05) is 29.8 Å². The fourth-order valence-electron chi connectivity index (χ4n) is 1.78. The van der Waals surface area contributed by atoms with Gasteiger partial charge in [0.1, 0.15) is 5.75 Å². The highest BCUT2D eigenvalue weighted by Gasteiger charge is 2.04. The first-order valence-corrected chi connectivity index (χ1v) is 8.28. The van der Waals surface area contributed by atoms with Crippen LogP contribution in [0, 0.1) is 0 Å². The molecule has 4 heteroatoms. The molecule has 2 nitrogen and oxygen atoms in total. The molecule has 0 fully saturated rings. The van der Waals surface area contributed by atoms with Crippen molar-refractivity contribution in [2.45, 2.75) is 19.6 Å². The second-order valence-electron chi connectivity index (χ2n) is 4.04. The molecule has 0 aliphatic heterocycles. The zero-order chi connectivity index (χ0) is 13.4. The average Bonchev–Trinajstić information content (AvgIpc) is 2.39. The summed E-state index contributed by atoms with van der Waals surface area (Å²) in [5.74, 6) is 3.15. The molecule has 0 saturated heterocycles. The van der Waals surface area contributed by atoms with Gasteiger partial charge < -0.3 is 9.64 Å². The van der Waals surface area contributed by atoms with Gasteiger partial charge in [0, 0.05) is 28.1 Å². The molecule has 0 N–H and O–H groups in total. The molecular formula is C14H22BrNOS. The lowest BCUT2D eigenvalue weighted by Crippen LogP contribution is -2.25. The summed E-state index contributed by atoms with van der Waals surface area (Å²) < 4.78 is 6.49. The van der Waals surface area contributed by atoms with E-state index >= 15 is 0 Å². The Morgan fingerprint density at radius 1 is 1.28 bits per heavy atom. The summed E-state index contributed by atoms with van der Waals surface area (Å²) in [7, 11) is 1.73. The molecule has 1 aromatic rings. The number of hydrogen-bond donors (Lipinski definition) is 0. The number of hydrogen-bond acceptors (Lipinski definition) is 3. The van der Waals surface area contributed by atoms with Crippen LogP contribution < -0.4 is 4.74 Å². The minimum Gasteiger partial charge on any atom is -0.496 e. The molecule has 0 bridgehead atoms. The van der Waals surface area contributed by atoms with Crippen LogP contribution in [0.2, 0.25) is 0 Å². The van der Waals surface area contributed by atoms with Gasteiger partial charge in [-0.05, 0) is 31.3 Å². The number of nitrogens with zero attached hydrogens (tertiary/aromatic N) is 1. The van der Waals surface area contributed by atoms with E-state index in [1.807, 2.05) is 23.9 Å². The van der Waals surface area contributed by atoms with Gasteiger partial charge in [-0.3, -0.25) is 0 Å². The van der Waals surface area contributed by atoms with E-state index < -0.39 is 0 Å². The number of benzene rings is 1. The van der Waals surface area contributed by atoms with Crippen molar-refractivity contribution < 1.29 is 4.74 Å². The number of ether oxygens (including phenoxy) is 1. The van der Waals surface area contributed by atoms with Crippen molar-refractivity contribution >= 4 is 27.7 Å². The molecule has 1 rings (SSSR count). The summed E-state index contributed by atoms with van der Waals surface area (Å²) in [5.41, 5.74) is 1.26. The van der Waals surface area contributed by atoms with Crippen LogP contribution in [-0.2, 0) is 5.75 Å². The monoisotopic (exact) mass is 331 g/mol. The van der Waals surface area contributed by atoms with Crippen molar-refractivity contribution in [1.82, 2.24) is 4.90 Å². The van der Waals surface area contributed by atoms with E-state index in [1.54, 1.807) is 7.11 Å². The first kappa shape index (κ1) is 15.9. The van der Waals surface area contributed by atoms with Gasteiger partial charge in [0.05, 0.1) is 7.11 Å². The van der Waals surface area contributed by atoms with Crippen molar-refractivity contribution in [3.8, 4) is 5.75 Å². The fraction of sp³-hybridized carbons (Fsp3) is 0.571. The number of halogens is 1. The lowest BCUT2D eigenvalue weighted by atomic mass is 10.2. The van der Waals surface area contributed by atoms with Gasteiger partial charge in [-0.2, -0.15) is 11.8 Å². The second kappa shape index (κ2) is 8.83. The minimum absolute atomic E-state index is 0.980. The predicted molar refractivity (Wildman–Crippen MR) is 84.6 cm³/mol. The second-order valence-corrected chi connectivity index (χ2v) is 6.06. The van der Waals surface area contributed by atoms with Gasteiger partial charge in [-0.15, -0.1) is 0 Å². The van der Waals surface area contributed by atoms with Crippen LogP contribution in [-0.4, -0.2) is 37.4 Å². The Hall–Kier alpha value is -0.190. The highest BCUT2D eigenvalue weighted by molar-refractivity contribution is 9.10. The zero-order valence-corrected chi connectivity index (χ0v) is 13.8. The zero-order valence-electron chi connectivity index (χ0n) is 11.4. The molecule has 1 aromatic carbocycles. The minimum atomic E-state index is 0.980. The van der Waals surface area contributed by atoms with Gasteiger partial charge in [0.25, 0.3) is 0 Å². The van der Waals surface area contributed by atoms with E-state index in [1.165, 1.54) is 5.56 Å². The molecule has 0 radical (unpaired) electrons. The highest BCUT2D eigenvalue weighted by atomic mass is 79.9. The number of rotatable bonds is 8. The molecule has 0 unspecified atom stereocenters. The number of thioether (sulfide) groups is 1. The Balaban J connectivity index is 2.41. The Morgan fingerprint density at radius 2 is 2.00 bits per heavy atom. The van der Waals surface area contributed by atoms with Crippen LogP contribution in [0.15, 0.2) is 22.7 Å². The third-order valence-electron chi connectivity index (χ3n) is 2.95. The lowest BCUT2D eigenvalue weighted by molar-refractivity contribution is 0.324. The molecule has 0 spiro atoms. The molecule has 102 valence electrons. The topological polar surface area (TPSA) is 12.5 Å². The van der Waals surface area contributed by atoms with Crippen LogP contribution in [0.4, 0.5) is 0 Å². The first-order valence-electron chi connectivity index (χ1n) is 6.33. The molecule has 0 aliphatic rings. The summed E-state index contributed by atoms with van der Waals surface area (Å²) in [6.45, 7) is 7.86. The average molecular weight is 332 g/mol. The van der Waals surface area contributed by atoms with Gasteiger partial charge in [0.2, 0.25) is 0 Å². The Labute approximate surface area is 123 Å². The quantitative estimate of drug-likeness (QED) is 0.667. The van der Waals surface area contributed by atoms with Crippen LogP contribution in [0.1, 0.15) is 19.4 Å². The maximum atomic E-state index is 5.38. The van der Waals surface area contributed by atoms with Gasteiger partial charge in [0.15, 0.2) is 0 Å². The SMILES string of the molecule is CCN(CC)CCSCc1cc(Br)ccc1OC. The van der Waals surface area contributed by atoms with Crippen molar-refractivity contribution in [2.75, 3.05) is 32.5 Å². The maximum absolute atomic E-state index is 5.38. The smallest absolute Gasteiger partial charge is 0.122 e. The summed E-state index contributed by atoms with van der Waals surface area (Å²) in [6.07, 6.45) is 0. The van der Waals surface area contributed by atoms with E-state index in [0.717, 1.165) is 41.4 Å². The van der Waals surface area contributed by atoms with Crippen molar-refractivity contribution in [3.05, 3.63) is 28.2 Å². The van der Waals surface area contributed by atoms with Gasteiger partial charge in [-0.25, -0.2) is 0 Å². The summed E-state index contributed by atoms with van der Waals surface area (Å²) in [4.78, 5) is 2.45. The van der Waals surface area contributed by atoms with Crippen LogP contribution >= 0.6 is 27.7 Å². The fourth-order valence-corrected chi connectivity index (χ4v) is 3.16. The summed E-state index contributed by atoms with van der Waals surface area (Å²) in [6, 6.07) is 6.18. The van der Waals surface area contributed by atoms with Crippen LogP contribution in [0.25, 0.3) is 0 Å². The highest BCUT2D eigenvalue weighted by Crippen LogP contribution is 2.26. The standard InChI is InChI=1S/C14H22BrNOS/c1-4-16(5-2)8-9-18-11-12-10-13(15)6-7-14(12)17-3/h6-7,10H,4-5,8-9,11H2,1-3H3. The lowest BCUT2D eigenvalue weighted by Gasteiger charge is -2.17. The summed E-state index contributed by atoms with van der Waals surface area (Å²) in [5, 5.41) is 0. The third kappa shape index (κ3) is 5.21. The Morgan fingerprint density at radius 3 is 2.61 bits per heavy atom. The Bertz CT molecular complexity index is 356. The molecule has 0 aliphatic carbocycles.